The molecule has 1 saturated heterocycles. The van der Waals surface area contributed by atoms with Gasteiger partial charge in [-0.1, -0.05) is 39.4 Å². The lowest BCUT2D eigenvalue weighted by atomic mass is 10.0. The van der Waals surface area contributed by atoms with Crippen molar-refractivity contribution in [2.75, 3.05) is 33.2 Å². The van der Waals surface area contributed by atoms with Gasteiger partial charge in [0.25, 0.3) is 0 Å². The quantitative estimate of drug-likeness (QED) is 0.704. The molecule has 0 unspecified atom stereocenters. The number of piperazine rings is 1. The highest BCUT2D eigenvalue weighted by Gasteiger charge is 2.31. The Morgan fingerprint density at radius 2 is 2.00 bits per heavy atom. The number of fused-ring (bicyclic) bond motifs is 1. The van der Waals surface area contributed by atoms with Crippen molar-refractivity contribution < 1.29 is 5.11 Å². The Kier molecular flexibility index (Phi) is 4.53. The number of hydrogen-bond donors (Lipinski definition) is 1. The molecule has 0 bridgehead atoms. The maximum Gasteiger partial charge on any atom is 0.230 e. The summed E-state index contributed by atoms with van der Waals surface area (Å²) >= 11 is 5.09. The van der Waals surface area contributed by atoms with Crippen LogP contribution in [0.2, 0.25) is 0 Å². The number of likely N-dealkylation sites (N-methyl/N-ethyl adjacent to an activating group) is 1. The maximum absolute atomic E-state index is 10.8. The summed E-state index contributed by atoms with van der Waals surface area (Å²) in [5.41, 5.74) is 1.16. The molecule has 4 rings (SSSR count). The highest BCUT2D eigenvalue weighted by Crippen LogP contribution is 2.40. The summed E-state index contributed by atoms with van der Waals surface area (Å²) < 4.78 is 2.59. The highest BCUT2D eigenvalue weighted by molar-refractivity contribution is 9.10. The molecule has 1 N–H and O–H groups in total. The third-order valence-corrected chi connectivity index (χ3v) is 6.19. The molecule has 6 nitrogen and oxygen atoms in total. The molecule has 1 aliphatic rings. The van der Waals surface area contributed by atoms with Crippen LogP contribution in [0.5, 0.6) is 5.88 Å². The van der Waals surface area contributed by atoms with E-state index in [1.807, 2.05) is 19.1 Å². The van der Waals surface area contributed by atoms with Gasteiger partial charge in [0.1, 0.15) is 5.82 Å². The minimum atomic E-state index is 0.00000567. The Labute approximate surface area is 158 Å². The highest BCUT2D eigenvalue weighted by atomic mass is 79.9. The predicted molar refractivity (Wildman–Crippen MR) is 102 cm³/mol. The summed E-state index contributed by atoms with van der Waals surface area (Å²) in [7, 11) is 2.15. The molecule has 1 fully saturated rings. The van der Waals surface area contributed by atoms with E-state index in [0.717, 1.165) is 46.1 Å². The summed E-state index contributed by atoms with van der Waals surface area (Å²) in [5.74, 6) is 0.871. The molecule has 2 aromatic heterocycles. The zero-order valence-corrected chi connectivity index (χ0v) is 16.6. The van der Waals surface area contributed by atoms with E-state index in [1.165, 1.54) is 11.3 Å². The van der Waals surface area contributed by atoms with Crippen molar-refractivity contribution in [3.63, 3.8) is 0 Å². The van der Waals surface area contributed by atoms with E-state index >= 15 is 0 Å². The monoisotopic (exact) mass is 421 g/mol. The van der Waals surface area contributed by atoms with E-state index in [4.69, 9.17) is 0 Å². The van der Waals surface area contributed by atoms with E-state index in [1.54, 1.807) is 4.52 Å². The molecule has 1 aliphatic heterocycles. The first-order chi connectivity index (χ1) is 12.0. The number of aromatic nitrogens is 3. The van der Waals surface area contributed by atoms with Crippen molar-refractivity contribution in [3.8, 4) is 5.88 Å². The lowest BCUT2D eigenvalue weighted by Crippen LogP contribution is -2.46. The van der Waals surface area contributed by atoms with Crippen molar-refractivity contribution >= 4 is 32.2 Å². The van der Waals surface area contributed by atoms with Crippen LogP contribution in [0.1, 0.15) is 22.3 Å². The molecule has 0 radical (unpaired) electrons. The predicted octanol–water partition coefficient (Wildman–Crippen LogP) is 2.90. The Morgan fingerprint density at radius 1 is 1.24 bits per heavy atom. The van der Waals surface area contributed by atoms with Crippen molar-refractivity contribution in [2.24, 2.45) is 0 Å². The van der Waals surface area contributed by atoms with Crippen LogP contribution in [0.25, 0.3) is 4.96 Å². The molecule has 0 saturated carbocycles. The molecule has 1 aromatic carbocycles. The van der Waals surface area contributed by atoms with E-state index in [2.05, 4.69) is 55.0 Å². The molecular formula is C17H20BrN5OS. The first kappa shape index (κ1) is 17.0. The summed E-state index contributed by atoms with van der Waals surface area (Å²) in [6, 6.07) is 8.31. The maximum atomic E-state index is 10.8. The first-order valence-electron chi connectivity index (χ1n) is 8.26. The molecule has 0 spiro atoms. The molecular weight excluding hydrogens is 402 g/mol. The number of aromatic hydroxyl groups is 1. The van der Waals surface area contributed by atoms with Crippen LogP contribution >= 0.6 is 27.3 Å². The number of benzene rings is 1. The first-order valence-corrected chi connectivity index (χ1v) is 9.87. The van der Waals surface area contributed by atoms with E-state index < -0.39 is 0 Å². The largest absolute Gasteiger partial charge is 0.492 e. The van der Waals surface area contributed by atoms with Crippen molar-refractivity contribution in [3.05, 3.63) is 45.0 Å². The summed E-state index contributed by atoms with van der Waals surface area (Å²) in [6.45, 7) is 5.79. The normalized spacial score (nSPS) is 18.0. The molecule has 25 heavy (non-hydrogen) atoms. The zero-order valence-electron chi connectivity index (χ0n) is 14.2. The second-order valence-corrected chi connectivity index (χ2v) is 8.36. The molecule has 0 aliphatic carbocycles. The van der Waals surface area contributed by atoms with E-state index in [-0.39, 0.29) is 11.9 Å². The average molecular weight is 422 g/mol. The van der Waals surface area contributed by atoms with Crippen LogP contribution in [0, 0.1) is 6.92 Å². The lowest BCUT2D eigenvalue weighted by Gasteiger charge is -2.37. The van der Waals surface area contributed by atoms with Gasteiger partial charge < -0.3 is 10.0 Å². The topological polar surface area (TPSA) is 56.9 Å². The van der Waals surface area contributed by atoms with Crippen molar-refractivity contribution in [1.29, 1.82) is 0 Å². The standard InChI is InChI=1S/C17H20BrN5OS/c1-11-19-17-23(20-11)16(24)15(25-17)14(12-4-3-5-13(18)10-12)22-8-6-21(2)7-9-22/h3-5,10,14,24H,6-9H2,1-2H3/t14-/m1/s1. The molecule has 1 atom stereocenters. The van der Waals surface area contributed by atoms with Crippen LogP contribution in [-0.4, -0.2) is 62.7 Å². The van der Waals surface area contributed by atoms with Gasteiger partial charge in [0.05, 0.1) is 10.9 Å². The van der Waals surface area contributed by atoms with Crippen LogP contribution in [0.4, 0.5) is 0 Å². The van der Waals surface area contributed by atoms with Gasteiger partial charge in [0.15, 0.2) is 0 Å². The fourth-order valence-electron chi connectivity index (χ4n) is 3.31. The molecule has 8 heteroatoms. The van der Waals surface area contributed by atoms with Crippen molar-refractivity contribution in [1.82, 2.24) is 24.4 Å². The average Bonchev–Trinajstić information content (AvgIpc) is 3.08. The number of nitrogens with zero attached hydrogens (tertiary/aromatic N) is 5. The lowest BCUT2D eigenvalue weighted by molar-refractivity contribution is 0.127. The number of thiazole rings is 1. The second kappa shape index (κ2) is 6.68. The van der Waals surface area contributed by atoms with Gasteiger partial charge in [-0.25, -0.2) is 4.98 Å². The summed E-state index contributed by atoms with van der Waals surface area (Å²) in [6.07, 6.45) is 0. The number of rotatable bonds is 3. The number of aryl methyl sites for hydroxylation is 1. The van der Waals surface area contributed by atoms with Crippen LogP contribution in [0.3, 0.4) is 0 Å². The Bertz CT molecular complexity index is 900. The smallest absolute Gasteiger partial charge is 0.230 e. The Hall–Kier alpha value is -1.48. The zero-order chi connectivity index (χ0) is 17.6. The number of hydrogen-bond acceptors (Lipinski definition) is 6. The van der Waals surface area contributed by atoms with Gasteiger partial charge >= 0.3 is 0 Å². The van der Waals surface area contributed by atoms with Gasteiger partial charge in [-0.2, -0.15) is 4.52 Å². The van der Waals surface area contributed by atoms with E-state index in [9.17, 15) is 5.11 Å². The van der Waals surface area contributed by atoms with Crippen LogP contribution in [-0.2, 0) is 0 Å². The minimum Gasteiger partial charge on any atom is -0.492 e. The van der Waals surface area contributed by atoms with Crippen LogP contribution < -0.4 is 0 Å². The van der Waals surface area contributed by atoms with Crippen LogP contribution in [0.15, 0.2) is 28.7 Å². The molecule has 0 amide bonds. The van der Waals surface area contributed by atoms with Gasteiger partial charge in [-0.3, -0.25) is 4.90 Å². The SMILES string of the molecule is Cc1nc2sc([C@@H](c3cccc(Br)c3)N3CCN(C)CC3)c(O)n2n1. The summed E-state index contributed by atoms with van der Waals surface area (Å²) in [5, 5.41) is 15.1. The van der Waals surface area contributed by atoms with Gasteiger partial charge in [0, 0.05) is 30.7 Å². The molecule has 3 heterocycles. The molecule has 132 valence electrons. The third-order valence-electron chi connectivity index (χ3n) is 4.62. The molecule has 3 aromatic rings. The summed E-state index contributed by atoms with van der Waals surface area (Å²) in [4.78, 5) is 10.8. The van der Waals surface area contributed by atoms with Gasteiger partial charge in [-0.05, 0) is 31.7 Å². The van der Waals surface area contributed by atoms with Gasteiger partial charge in [0.2, 0.25) is 10.8 Å². The third kappa shape index (κ3) is 3.19. The fourth-order valence-corrected chi connectivity index (χ4v) is 4.89. The fraction of sp³-hybridized carbons (Fsp3) is 0.412. The van der Waals surface area contributed by atoms with Crippen molar-refractivity contribution in [2.45, 2.75) is 13.0 Å². The Balaban J connectivity index is 1.81. The van der Waals surface area contributed by atoms with E-state index in [0.29, 0.717) is 5.82 Å². The minimum absolute atomic E-state index is 0.00000567. The van der Waals surface area contributed by atoms with Gasteiger partial charge in [-0.15, -0.1) is 5.10 Å². The second-order valence-electron chi connectivity index (χ2n) is 6.44. The number of halogens is 1. The Morgan fingerprint density at radius 3 is 2.68 bits per heavy atom.